The Bertz CT molecular complexity index is 419. The number of urea groups is 1. The fourth-order valence-electron chi connectivity index (χ4n) is 1.57. The van der Waals surface area contributed by atoms with E-state index in [1.54, 1.807) is 0 Å². The van der Waals surface area contributed by atoms with Crippen LogP contribution in [0.3, 0.4) is 0 Å². The van der Waals surface area contributed by atoms with Crippen LogP contribution in [-0.2, 0) is 0 Å². The largest absolute Gasteiger partial charge is 0.491 e. The van der Waals surface area contributed by atoms with Crippen molar-refractivity contribution in [1.29, 1.82) is 0 Å². The van der Waals surface area contributed by atoms with Crippen molar-refractivity contribution in [3.8, 4) is 5.75 Å². The Morgan fingerprint density at radius 1 is 1.37 bits per heavy atom. The van der Waals surface area contributed by atoms with Gasteiger partial charge in [0.25, 0.3) is 0 Å². The molecule has 0 aliphatic carbocycles. The van der Waals surface area contributed by atoms with Crippen molar-refractivity contribution in [2.75, 3.05) is 13.2 Å². The molecule has 2 N–H and O–H groups in total. The van der Waals surface area contributed by atoms with E-state index in [2.05, 4.69) is 16.7 Å². The molecule has 0 radical (unpaired) electrons. The second-order valence-corrected chi connectivity index (χ2v) is 4.83. The zero-order valence-corrected chi connectivity index (χ0v) is 12.2. The molecule has 0 saturated heterocycles. The standard InChI is InChI=1S/C15H24N2O2/c1-5-13(4)17-15(18)16-8-9-19-14-10-11(2)6-7-12(14)3/h6-7,10,13H,5,8-9H2,1-4H3,(H2,16,17,18). The van der Waals surface area contributed by atoms with Gasteiger partial charge in [-0.05, 0) is 44.4 Å². The number of carbonyl (C=O) groups is 1. The Morgan fingerprint density at radius 2 is 2.11 bits per heavy atom. The molecule has 1 aromatic carbocycles. The van der Waals surface area contributed by atoms with E-state index in [-0.39, 0.29) is 12.1 Å². The van der Waals surface area contributed by atoms with Crippen LogP contribution in [-0.4, -0.2) is 25.2 Å². The molecule has 0 spiro atoms. The van der Waals surface area contributed by atoms with Crippen molar-refractivity contribution < 1.29 is 9.53 Å². The minimum absolute atomic E-state index is 0.140. The lowest BCUT2D eigenvalue weighted by molar-refractivity contribution is 0.233. The van der Waals surface area contributed by atoms with Crippen LogP contribution in [0.2, 0.25) is 0 Å². The summed E-state index contributed by atoms with van der Waals surface area (Å²) in [7, 11) is 0. The van der Waals surface area contributed by atoms with Gasteiger partial charge in [0.05, 0.1) is 6.54 Å². The predicted molar refractivity (Wildman–Crippen MR) is 77.7 cm³/mol. The maximum absolute atomic E-state index is 11.5. The Kier molecular flexibility index (Phi) is 6.19. The van der Waals surface area contributed by atoms with Crippen LogP contribution in [0.15, 0.2) is 18.2 Å². The molecule has 4 heteroatoms. The van der Waals surface area contributed by atoms with Gasteiger partial charge in [0.1, 0.15) is 12.4 Å². The maximum atomic E-state index is 11.5. The summed E-state index contributed by atoms with van der Waals surface area (Å²) in [5.41, 5.74) is 2.28. The summed E-state index contributed by atoms with van der Waals surface area (Å²) in [6.45, 7) is 9.02. The van der Waals surface area contributed by atoms with Gasteiger partial charge in [-0.2, -0.15) is 0 Å². The van der Waals surface area contributed by atoms with E-state index in [1.807, 2.05) is 39.8 Å². The predicted octanol–water partition coefficient (Wildman–Crippen LogP) is 2.78. The number of ether oxygens (including phenoxy) is 1. The van der Waals surface area contributed by atoms with E-state index >= 15 is 0 Å². The van der Waals surface area contributed by atoms with Crippen LogP contribution in [0.4, 0.5) is 4.79 Å². The van der Waals surface area contributed by atoms with E-state index < -0.39 is 0 Å². The van der Waals surface area contributed by atoms with Gasteiger partial charge in [0.2, 0.25) is 0 Å². The zero-order valence-electron chi connectivity index (χ0n) is 12.2. The first-order valence-corrected chi connectivity index (χ1v) is 6.77. The smallest absolute Gasteiger partial charge is 0.315 e. The van der Waals surface area contributed by atoms with Crippen molar-refractivity contribution in [3.63, 3.8) is 0 Å². The Labute approximate surface area is 115 Å². The molecule has 0 aromatic heterocycles. The Balaban J connectivity index is 2.27. The lowest BCUT2D eigenvalue weighted by Gasteiger charge is -2.13. The summed E-state index contributed by atoms with van der Waals surface area (Å²) in [5, 5.41) is 5.62. The van der Waals surface area contributed by atoms with Crippen LogP contribution >= 0.6 is 0 Å². The molecule has 0 aliphatic rings. The van der Waals surface area contributed by atoms with Crippen molar-refractivity contribution >= 4 is 6.03 Å². The lowest BCUT2D eigenvalue weighted by atomic mass is 10.1. The summed E-state index contributed by atoms with van der Waals surface area (Å²) in [6.07, 6.45) is 0.923. The molecule has 1 aromatic rings. The summed E-state index contributed by atoms with van der Waals surface area (Å²) >= 11 is 0. The van der Waals surface area contributed by atoms with Crippen LogP contribution in [0.5, 0.6) is 5.75 Å². The molecule has 0 bridgehead atoms. The summed E-state index contributed by atoms with van der Waals surface area (Å²) in [5.74, 6) is 0.879. The quantitative estimate of drug-likeness (QED) is 0.776. The highest BCUT2D eigenvalue weighted by Gasteiger charge is 2.04. The normalized spacial score (nSPS) is 11.8. The number of hydrogen-bond donors (Lipinski definition) is 2. The second-order valence-electron chi connectivity index (χ2n) is 4.83. The molecule has 19 heavy (non-hydrogen) atoms. The molecule has 1 rings (SSSR count). The van der Waals surface area contributed by atoms with Crippen molar-refractivity contribution in [2.24, 2.45) is 0 Å². The minimum atomic E-state index is -0.140. The molecule has 0 heterocycles. The van der Waals surface area contributed by atoms with Gasteiger partial charge >= 0.3 is 6.03 Å². The first-order chi connectivity index (χ1) is 9.02. The number of hydrogen-bond acceptors (Lipinski definition) is 2. The molecule has 0 saturated carbocycles. The van der Waals surface area contributed by atoms with Crippen LogP contribution in [0, 0.1) is 13.8 Å². The van der Waals surface area contributed by atoms with Crippen molar-refractivity contribution in [1.82, 2.24) is 10.6 Å². The van der Waals surface area contributed by atoms with Gasteiger partial charge in [0.15, 0.2) is 0 Å². The molecular formula is C15H24N2O2. The SMILES string of the molecule is CCC(C)NC(=O)NCCOc1cc(C)ccc1C. The van der Waals surface area contributed by atoms with E-state index in [0.717, 1.165) is 17.7 Å². The van der Waals surface area contributed by atoms with Crippen molar-refractivity contribution in [3.05, 3.63) is 29.3 Å². The number of benzene rings is 1. The first-order valence-electron chi connectivity index (χ1n) is 6.77. The monoisotopic (exact) mass is 264 g/mol. The fraction of sp³-hybridized carbons (Fsp3) is 0.533. The molecule has 1 atom stereocenters. The topological polar surface area (TPSA) is 50.4 Å². The van der Waals surface area contributed by atoms with Gasteiger partial charge < -0.3 is 15.4 Å². The number of rotatable bonds is 6. The molecule has 106 valence electrons. The van der Waals surface area contributed by atoms with E-state index in [0.29, 0.717) is 13.2 Å². The molecule has 2 amide bonds. The number of aryl methyl sites for hydroxylation is 2. The highest BCUT2D eigenvalue weighted by atomic mass is 16.5. The number of carbonyl (C=O) groups excluding carboxylic acids is 1. The molecular weight excluding hydrogens is 240 g/mol. The molecule has 0 aliphatic heterocycles. The summed E-state index contributed by atoms with van der Waals surface area (Å²) in [6, 6.07) is 6.15. The molecule has 0 fully saturated rings. The van der Waals surface area contributed by atoms with Crippen molar-refractivity contribution in [2.45, 2.75) is 40.2 Å². The van der Waals surface area contributed by atoms with E-state index in [1.165, 1.54) is 5.56 Å². The highest BCUT2D eigenvalue weighted by molar-refractivity contribution is 5.74. The number of amides is 2. The third kappa shape index (κ3) is 5.64. The first kappa shape index (κ1) is 15.3. The average molecular weight is 264 g/mol. The molecule has 4 nitrogen and oxygen atoms in total. The summed E-state index contributed by atoms with van der Waals surface area (Å²) < 4.78 is 5.66. The lowest BCUT2D eigenvalue weighted by Crippen LogP contribution is -2.41. The van der Waals surface area contributed by atoms with Crippen LogP contribution in [0.1, 0.15) is 31.4 Å². The van der Waals surface area contributed by atoms with Gasteiger partial charge in [-0.25, -0.2) is 4.79 Å². The third-order valence-electron chi connectivity index (χ3n) is 2.98. The van der Waals surface area contributed by atoms with E-state index in [4.69, 9.17) is 4.74 Å². The average Bonchev–Trinajstić information content (AvgIpc) is 2.38. The van der Waals surface area contributed by atoms with Crippen LogP contribution in [0.25, 0.3) is 0 Å². The van der Waals surface area contributed by atoms with E-state index in [9.17, 15) is 4.79 Å². The molecule has 1 unspecified atom stereocenters. The van der Waals surface area contributed by atoms with Gasteiger partial charge in [-0.1, -0.05) is 19.1 Å². The number of nitrogens with one attached hydrogen (secondary N) is 2. The van der Waals surface area contributed by atoms with Gasteiger partial charge in [-0.3, -0.25) is 0 Å². The minimum Gasteiger partial charge on any atom is -0.491 e. The zero-order chi connectivity index (χ0) is 14.3. The highest BCUT2D eigenvalue weighted by Crippen LogP contribution is 2.18. The second kappa shape index (κ2) is 7.67. The maximum Gasteiger partial charge on any atom is 0.315 e. The Hall–Kier alpha value is -1.71. The third-order valence-corrected chi connectivity index (χ3v) is 2.98. The fourth-order valence-corrected chi connectivity index (χ4v) is 1.57. The van der Waals surface area contributed by atoms with Gasteiger partial charge in [0, 0.05) is 6.04 Å². The van der Waals surface area contributed by atoms with Gasteiger partial charge in [-0.15, -0.1) is 0 Å². The Morgan fingerprint density at radius 3 is 2.79 bits per heavy atom. The summed E-state index contributed by atoms with van der Waals surface area (Å²) in [4.78, 5) is 11.5. The van der Waals surface area contributed by atoms with Crippen LogP contribution < -0.4 is 15.4 Å².